The number of aromatic nitrogens is 1. The third-order valence-corrected chi connectivity index (χ3v) is 3.65. The highest BCUT2D eigenvalue weighted by molar-refractivity contribution is 7.14. The molecule has 6 heteroatoms. The summed E-state index contributed by atoms with van der Waals surface area (Å²) in [4.78, 5) is 4.48. The first-order chi connectivity index (χ1) is 10.2. The maximum Gasteiger partial charge on any atom is 0.187 e. The van der Waals surface area contributed by atoms with Gasteiger partial charge in [0.1, 0.15) is 0 Å². The van der Waals surface area contributed by atoms with Gasteiger partial charge in [-0.05, 0) is 24.3 Å². The lowest BCUT2D eigenvalue weighted by Gasteiger charge is -2.21. The Morgan fingerprint density at radius 2 is 1.90 bits per heavy atom. The Morgan fingerprint density at radius 3 is 2.67 bits per heavy atom. The van der Waals surface area contributed by atoms with Crippen LogP contribution in [-0.4, -0.2) is 10.2 Å². The van der Waals surface area contributed by atoms with Crippen molar-refractivity contribution in [3.63, 3.8) is 0 Å². The van der Waals surface area contributed by atoms with Crippen molar-refractivity contribution in [2.75, 3.05) is 10.5 Å². The molecule has 21 heavy (non-hydrogen) atoms. The number of anilines is 3. The van der Waals surface area contributed by atoms with Gasteiger partial charge < -0.3 is 15.8 Å². The molecule has 1 heterocycles. The molecule has 3 aromatic rings. The van der Waals surface area contributed by atoms with Crippen molar-refractivity contribution in [2.24, 2.45) is 0 Å². The van der Waals surface area contributed by atoms with Crippen LogP contribution in [0.4, 0.5) is 16.5 Å². The lowest BCUT2D eigenvalue weighted by molar-refractivity contribution is 0.296. The highest BCUT2D eigenvalue weighted by Gasteiger charge is 2.06. The van der Waals surface area contributed by atoms with Crippen molar-refractivity contribution in [1.82, 2.24) is 4.98 Å². The quantitative estimate of drug-likeness (QED) is 0.705. The third kappa shape index (κ3) is 3.19. The molecule has 0 bridgehead atoms. The van der Waals surface area contributed by atoms with E-state index in [1.54, 1.807) is 12.1 Å². The molecule has 106 valence electrons. The molecule has 2 N–H and O–H groups in total. The summed E-state index contributed by atoms with van der Waals surface area (Å²) in [7, 11) is 0. The normalized spacial score (nSPS) is 10.4. The first kappa shape index (κ1) is 13.6. The average Bonchev–Trinajstić information content (AvgIpc) is 2.97. The maximum atomic E-state index is 10.9. The fourth-order valence-corrected chi connectivity index (χ4v) is 2.63. The molecular formula is C15H12N3O2S-. The van der Waals surface area contributed by atoms with Crippen LogP contribution in [-0.2, 0) is 0 Å². The van der Waals surface area contributed by atoms with Crippen molar-refractivity contribution in [3.05, 3.63) is 65.2 Å². The number of thiazole rings is 1. The summed E-state index contributed by atoms with van der Waals surface area (Å²) >= 11 is 1.48. The van der Waals surface area contributed by atoms with E-state index in [0.717, 1.165) is 22.1 Å². The minimum absolute atomic E-state index is 0.154. The Bertz CT molecular complexity index is 729. The smallest absolute Gasteiger partial charge is 0.187 e. The zero-order valence-electron chi connectivity index (χ0n) is 10.9. The molecule has 0 saturated heterocycles. The molecule has 0 amide bonds. The van der Waals surface area contributed by atoms with Gasteiger partial charge in [0.25, 0.3) is 0 Å². The number of para-hydroxylation sites is 1. The average molecular weight is 298 g/mol. The predicted octanol–water partition coefficient (Wildman–Crippen LogP) is 4.25. The van der Waals surface area contributed by atoms with Crippen LogP contribution in [0.2, 0.25) is 0 Å². The standard InChI is InChI=1S/C15H12N3O2S/c19-18(20)13-8-4-5-11(9-13)14-10-21-15(17-14)16-12-6-2-1-3-7-12/h1-10,19H,(H,16,17)/q-1. The SMILES string of the molecule is [O-]N(O)c1cccc(-c2csc(Nc3ccccc3)n2)c1. The van der Waals surface area contributed by atoms with E-state index in [0.29, 0.717) is 0 Å². The second kappa shape index (κ2) is 5.92. The lowest BCUT2D eigenvalue weighted by Crippen LogP contribution is -2.06. The van der Waals surface area contributed by atoms with Crippen molar-refractivity contribution in [3.8, 4) is 11.3 Å². The Hall–Kier alpha value is -2.41. The zero-order chi connectivity index (χ0) is 14.7. The summed E-state index contributed by atoms with van der Waals surface area (Å²) in [5.41, 5.74) is 2.67. The molecule has 0 unspecified atom stereocenters. The van der Waals surface area contributed by atoms with E-state index in [-0.39, 0.29) is 10.9 Å². The minimum atomic E-state index is -0.154. The first-order valence-electron chi connectivity index (χ1n) is 6.26. The molecule has 0 atom stereocenters. The summed E-state index contributed by atoms with van der Waals surface area (Å²) in [6.45, 7) is 0. The van der Waals surface area contributed by atoms with Gasteiger partial charge in [-0.15, -0.1) is 11.3 Å². The molecular weight excluding hydrogens is 286 g/mol. The van der Waals surface area contributed by atoms with Crippen molar-refractivity contribution in [1.29, 1.82) is 0 Å². The Morgan fingerprint density at radius 1 is 1.10 bits per heavy atom. The van der Waals surface area contributed by atoms with Gasteiger partial charge in [0.2, 0.25) is 0 Å². The first-order valence-corrected chi connectivity index (χ1v) is 7.14. The Balaban J connectivity index is 1.83. The largest absolute Gasteiger partial charge is 0.733 e. The molecule has 0 spiro atoms. The summed E-state index contributed by atoms with van der Waals surface area (Å²) in [5.74, 6) is 0. The highest BCUT2D eigenvalue weighted by atomic mass is 32.1. The van der Waals surface area contributed by atoms with E-state index in [9.17, 15) is 5.21 Å². The number of nitrogens with one attached hydrogen (secondary N) is 1. The van der Waals surface area contributed by atoms with Crippen LogP contribution in [0.15, 0.2) is 60.0 Å². The van der Waals surface area contributed by atoms with Crippen LogP contribution in [0.5, 0.6) is 0 Å². The minimum Gasteiger partial charge on any atom is -0.733 e. The second-order valence-corrected chi connectivity index (χ2v) is 5.21. The van der Waals surface area contributed by atoms with Crippen molar-refractivity contribution >= 4 is 27.8 Å². The number of nitrogens with zero attached hydrogens (tertiary/aromatic N) is 2. The number of hydrogen-bond acceptors (Lipinski definition) is 6. The van der Waals surface area contributed by atoms with Crippen LogP contribution in [0.1, 0.15) is 0 Å². The predicted molar refractivity (Wildman–Crippen MR) is 84.9 cm³/mol. The fraction of sp³-hybridized carbons (Fsp3) is 0. The molecule has 0 aliphatic carbocycles. The lowest BCUT2D eigenvalue weighted by atomic mass is 10.1. The van der Waals surface area contributed by atoms with Gasteiger partial charge in [0.15, 0.2) is 5.13 Å². The number of hydrogen-bond donors (Lipinski definition) is 2. The fourth-order valence-electron chi connectivity index (χ4n) is 1.89. The third-order valence-electron chi connectivity index (χ3n) is 2.89. The van der Waals surface area contributed by atoms with Gasteiger partial charge in [-0.2, -0.15) is 0 Å². The summed E-state index contributed by atoms with van der Waals surface area (Å²) in [6, 6.07) is 16.4. The molecule has 0 aliphatic rings. The van der Waals surface area contributed by atoms with Gasteiger partial charge in [0, 0.05) is 16.6 Å². The molecule has 0 fully saturated rings. The van der Waals surface area contributed by atoms with E-state index in [2.05, 4.69) is 10.3 Å². The molecule has 5 nitrogen and oxygen atoms in total. The molecule has 3 rings (SSSR count). The van der Waals surface area contributed by atoms with E-state index in [1.807, 2.05) is 41.8 Å². The maximum absolute atomic E-state index is 10.9. The number of rotatable bonds is 4. The number of benzene rings is 2. The van der Waals surface area contributed by atoms with Crippen LogP contribution in [0.3, 0.4) is 0 Å². The summed E-state index contributed by atoms with van der Waals surface area (Å²) in [5, 5.41) is 25.6. The van der Waals surface area contributed by atoms with Gasteiger partial charge >= 0.3 is 0 Å². The molecule has 0 saturated carbocycles. The molecule has 0 aliphatic heterocycles. The van der Waals surface area contributed by atoms with Crippen molar-refractivity contribution in [2.45, 2.75) is 0 Å². The van der Waals surface area contributed by atoms with Gasteiger partial charge in [-0.1, -0.05) is 30.3 Å². The highest BCUT2D eigenvalue weighted by Crippen LogP contribution is 2.29. The molecule has 0 radical (unpaired) electrons. The Kier molecular flexibility index (Phi) is 3.83. The Labute approximate surface area is 125 Å². The van der Waals surface area contributed by atoms with E-state index < -0.39 is 0 Å². The van der Waals surface area contributed by atoms with Gasteiger partial charge in [-0.3, -0.25) is 5.21 Å². The topological polar surface area (TPSA) is 71.5 Å². The molecule has 1 aromatic heterocycles. The second-order valence-electron chi connectivity index (χ2n) is 4.35. The van der Waals surface area contributed by atoms with Crippen LogP contribution >= 0.6 is 11.3 Å². The van der Waals surface area contributed by atoms with Crippen LogP contribution in [0, 0.1) is 5.21 Å². The van der Waals surface area contributed by atoms with Gasteiger partial charge in [0.05, 0.1) is 11.4 Å². The van der Waals surface area contributed by atoms with E-state index in [1.165, 1.54) is 17.4 Å². The van der Waals surface area contributed by atoms with E-state index in [4.69, 9.17) is 5.21 Å². The summed E-state index contributed by atoms with van der Waals surface area (Å²) < 4.78 is 0. The zero-order valence-corrected chi connectivity index (χ0v) is 11.7. The monoisotopic (exact) mass is 298 g/mol. The van der Waals surface area contributed by atoms with Crippen LogP contribution in [0.25, 0.3) is 11.3 Å². The van der Waals surface area contributed by atoms with Gasteiger partial charge in [-0.25, -0.2) is 4.98 Å². The summed E-state index contributed by atoms with van der Waals surface area (Å²) in [6.07, 6.45) is 0. The van der Waals surface area contributed by atoms with E-state index >= 15 is 0 Å². The molecule has 2 aromatic carbocycles. The van der Waals surface area contributed by atoms with Crippen molar-refractivity contribution < 1.29 is 5.21 Å². The van der Waals surface area contributed by atoms with Crippen LogP contribution < -0.4 is 10.5 Å².